The van der Waals surface area contributed by atoms with Gasteiger partial charge in [0.25, 0.3) is 11.8 Å². The number of anilines is 1. The third-order valence-corrected chi connectivity index (χ3v) is 5.52. The lowest BCUT2D eigenvalue weighted by Crippen LogP contribution is -2.21. The molecular formula is C28H25N3O5. The second-order valence-electron chi connectivity index (χ2n) is 7.74. The molecule has 0 radical (unpaired) electrons. The molecule has 0 unspecified atom stereocenters. The van der Waals surface area contributed by atoms with E-state index in [9.17, 15) is 9.59 Å². The smallest absolute Gasteiger partial charge is 0.273 e. The minimum absolute atomic E-state index is 0.272. The zero-order chi connectivity index (χ0) is 25.5. The number of carbonyl (C=O) groups is 2. The lowest BCUT2D eigenvalue weighted by Gasteiger charge is -2.12. The standard InChI is InChI=1S/C28H25N3O5/c1-34-22-12-10-19-14-18(8-9-20(19)15-22)17-29-31-28(33)23-6-4-5-7-24(23)30-27(32)21-11-13-25(35-2)26(16-21)36-3/h4-17H,1-3H3,(H,30,32)(H,31,33). The highest BCUT2D eigenvalue weighted by molar-refractivity contribution is 6.09. The average molecular weight is 484 g/mol. The van der Waals surface area contributed by atoms with Gasteiger partial charge in [0.2, 0.25) is 0 Å². The van der Waals surface area contributed by atoms with Crippen LogP contribution in [-0.4, -0.2) is 39.4 Å². The summed E-state index contributed by atoms with van der Waals surface area (Å²) in [6, 6.07) is 23.1. The van der Waals surface area contributed by atoms with Crippen molar-refractivity contribution in [3.05, 3.63) is 95.6 Å². The normalized spacial score (nSPS) is 10.8. The highest BCUT2D eigenvalue weighted by Crippen LogP contribution is 2.28. The summed E-state index contributed by atoms with van der Waals surface area (Å²) in [4.78, 5) is 25.6. The van der Waals surface area contributed by atoms with E-state index in [1.165, 1.54) is 14.2 Å². The summed E-state index contributed by atoms with van der Waals surface area (Å²) in [6.07, 6.45) is 1.56. The van der Waals surface area contributed by atoms with E-state index >= 15 is 0 Å². The van der Waals surface area contributed by atoms with E-state index in [2.05, 4.69) is 15.8 Å². The first-order chi connectivity index (χ1) is 17.5. The number of para-hydroxylation sites is 1. The quantitative estimate of drug-likeness (QED) is 0.275. The van der Waals surface area contributed by atoms with Crippen molar-refractivity contribution in [2.45, 2.75) is 0 Å². The minimum atomic E-state index is -0.458. The number of benzene rings is 4. The van der Waals surface area contributed by atoms with Crippen molar-refractivity contribution in [2.75, 3.05) is 26.6 Å². The average Bonchev–Trinajstić information content (AvgIpc) is 2.92. The zero-order valence-corrected chi connectivity index (χ0v) is 20.1. The Morgan fingerprint density at radius 1 is 0.750 bits per heavy atom. The maximum atomic E-state index is 12.8. The number of amides is 2. The highest BCUT2D eigenvalue weighted by Gasteiger charge is 2.15. The van der Waals surface area contributed by atoms with Crippen LogP contribution < -0.4 is 25.0 Å². The maximum absolute atomic E-state index is 12.8. The molecule has 0 aliphatic heterocycles. The fraction of sp³-hybridized carbons (Fsp3) is 0.107. The minimum Gasteiger partial charge on any atom is -0.497 e. The van der Waals surface area contributed by atoms with Gasteiger partial charge in [0.1, 0.15) is 5.75 Å². The predicted octanol–water partition coefficient (Wildman–Crippen LogP) is 4.88. The number of hydrazone groups is 1. The van der Waals surface area contributed by atoms with Gasteiger partial charge in [0.05, 0.1) is 38.8 Å². The molecule has 2 N–H and O–H groups in total. The van der Waals surface area contributed by atoms with Gasteiger partial charge in [-0.2, -0.15) is 5.10 Å². The topological polar surface area (TPSA) is 98.2 Å². The Kier molecular flexibility index (Phi) is 7.45. The van der Waals surface area contributed by atoms with Gasteiger partial charge in [-0.1, -0.05) is 30.3 Å². The van der Waals surface area contributed by atoms with Gasteiger partial charge in [0, 0.05) is 5.56 Å². The molecule has 0 aliphatic rings. The highest BCUT2D eigenvalue weighted by atomic mass is 16.5. The molecule has 8 nitrogen and oxygen atoms in total. The molecule has 4 aromatic rings. The van der Waals surface area contributed by atoms with Gasteiger partial charge < -0.3 is 19.5 Å². The molecule has 0 saturated heterocycles. The van der Waals surface area contributed by atoms with Crippen LogP contribution in [-0.2, 0) is 0 Å². The molecule has 182 valence electrons. The third kappa shape index (κ3) is 5.44. The van der Waals surface area contributed by atoms with E-state index in [1.807, 2.05) is 36.4 Å². The predicted molar refractivity (Wildman–Crippen MR) is 140 cm³/mol. The van der Waals surface area contributed by atoms with Crippen LogP contribution in [0.5, 0.6) is 17.2 Å². The van der Waals surface area contributed by atoms with Crippen molar-refractivity contribution in [2.24, 2.45) is 5.10 Å². The molecule has 0 fully saturated rings. The number of methoxy groups -OCH3 is 3. The molecule has 2 amide bonds. The molecule has 0 saturated carbocycles. The summed E-state index contributed by atoms with van der Waals surface area (Å²) in [5, 5.41) is 8.92. The Labute approximate surface area is 208 Å². The van der Waals surface area contributed by atoms with Crippen LogP contribution in [0.15, 0.2) is 84.0 Å². The summed E-state index contributed by atoms with van der Waals surface area (Å²) in [6.45, 7) is 0. The summed E-state index contributed by atoms with van der Waals surface area (Å²) < 4.78 is 15.7. The first kappa shape index (κ1) is 24.3. The maximum Gasteiger partial charge on any atom is 0.273 e. The number of hydrogen-bond acceptors (Lipinski definition) is 6. The molecule has 36 heavy (non-hydrogen) atoms. The number of carbonyl (C=O) groups excluding carboxylic acids is 2. The fourth-order valence-electron chi connectivity index (χ4n) is 3.64. The molecular weight excluding hydrogens is 458 g/mol. The number of nitrogens with zero attached hydrogens (tertiary/aromatic N) is 1. The summed E-state index contributed by atoms with van der Waals surface area (Å²) >= 11 is 0. The summed E-state index contributed by atoms with van der Waals surface area (Å²) in [5.74, 6) is 0.872. The SMILES string of the molecule is COc1ccc2cc(C=NNC(=O)c3ccccc3NC(=O)c3ccc(OC)c(OC)c3)ccc2c1. The van der Waals surface area contributed by atoms with Crippen LogP contribution in [0.2, 0.25) is 0 Å². The third-order valence-electron chi connectivity index (χ3n) is 5.52. The van der Waals surface area contributed by atoms with Crippen LogP contribution in [0.1, 0.15) is 26.3 Å². The largest absolute Gasteiger partial charge is 0.497 e. The van der Waals surface area contributed by atoms with Crippen molar-refractivity contribution in [1.82, 2.24) is 5.43 Å². The lowest BCUT2D eigenvalue weighted by molar-refractivity contribution is 0.0956. The molecule has 0 spiro atoms. The van der Waals surface area contributed by atoms with E-state index in [1.54, 1.807) is 55.8 Å². The summed E-state index contributed by atoms with van der Waals surface area (Å²) in [7, 11) is 4.64. The Bertz CT molecular complexity index is 1450. The fourth-order valence-corrected chi connectivity index (χ4v) is 3.64. The molecule has 0 heterocycles. The van der Waals surface area contributed by atoms with Crippen molar-refractivity contribution in [3.8, 4) is 17.2 Å². The second-order valence-corrected chi connectivity index (χ2v) is 7.74. The van der Waals surface area contributed by atoms with Crippen molar-refractivity contribution in [1.29, 1.82) is 0 Å². The van der Waals surface area contributed by atoms with E-state index in [-0.39, 0.29) is 5.56 Å². The van der Waals surface area contributed by atoms with E-state index in [4.69, 9.17) is 14.2 Å². The first-order valence-corrected chi connectivity index (χ1v) is 11.1. The van der Waals surface area contributed by atoms with Crippen LogP contribution in [0, 0.1) is 0 Å². The Hall–Kier alpha value is -4.85. The van der Waals surface area contributed by atoms with Crippen molar-refractivity contribution < 1.29 is 23.8 Å². The Morgan fingerprint density at radius 3 is 2.28 bits per heavy atom. The van der Waals surface area contributed by atoms with Gasteiger partial charge in [0.15, 0.2) is 11.5 Å². The molecule has 0 bridgehead atoms. The number of hydrogen-bond donors (Lipinski definition) is 2. The van der Waals surface area contributed by atoms with Gasteiger partial charge >= 0.3 is 0 Å². The van der Waals surface area contributed by atoms with E-state index in [0.29, 0.717) is 22.7 Å². The number of ether oxygens (including phenoxy) is 3. The molecule has 4 rings (SSSR count). The number of nitrogens with one attached hydrogen (secondary N) is 2. The number of rotatable bonds is 8. The van der Waals surface area contributed by atoms with Crippen LogP contribution in [0.25, 0.3) is 10.8 Å². The second kappa shape index (κ2) is 11.1. The summed E-state index contributed by atoms with van der Waals surface area (Å²) in [5.41, 5.74) is 4.33. The Morgan fingerprint density at radius 2 is 1.50 bits per heavy atom. The van der Waals surface area contributed by atoms with E-state index in [0.717, 1.165) is 22.1 Å². The Balaban J connectivity index is 1.46. The number of fused-ring (bicyclic) bond motifs is 1. The van der Waals surface area contributed by atoms with Gasteiger partial charge in [-0.05, 0) is 64.9 Å². The van der Waals surface area contributed by atoms with Crippen LogP contribution >= 0.6 is 0 Å². The molecule has 0 aliphatic carbocycles. The van der Waals surface area contributed by atoms with Gasteiger partial charge in [-0.3, -0.25) is 9.59 Å². The van der Waals surface area contributed by atoms with Gasteiger partial charge in [-0.15, -0.1) is 0 Å². The van der Waals surface area contributed by atoms with Gasteiger partial charge in [-0.25, -0.2) is 5.43 Å². The molecule has 8 heteroatoms. The molecule has 0 aromatic heterocycles. The molecule has 4 aromatic carbocycles. The lowest BCUT2D eigenvalue weighted by atomic mass is 10.1. The first-order valence-electron chi connectivity index (χ1n) is 11.1. The van der Waals surface area contributed by atoms with Crippen LogP contribution in [0.4, 0.5) is 5.69 Å². The van der Waals surface area contributed by atoms with Crippen LogP contribution in [0.3, 0.4) is 0 Å². The molecule has 0 atom stereocenters. The zero-order valence-electron chi connectivity index (χ0n) is 20.1. The van der Waals surface area contributed by atoms with Crippen molar-refractivity contribution in [3.63, 3.8) is 0 Å². The monoisotopic (exact) mass is 483 g/mol. The van der Waals surface area contributed by atoms with Crippen molar-refractivity contribution >= 4 is 34.5 Å². The van der Waals surface area contributed by atoms with E-state index < -0.39 is 11.8 Å².